The second-order valence-electron chi connectivity index (χ2n) is 11.5. The van der Waals surface area contributed by atoms with Gasteiger partial charge >= 0.3 is 5.97 Å². The Bertz CT molecular complexity index is 1400. The normalized spacial score (nSPS) is 17.4. The van der Waals surface area contributed by atoms with Crippen molar-refractivity contribution < 1.29 is 14.3 Å². The molecule has 2 aromatic heterocycles. The van der Waals surface area contributed by atoms with Gasteiger partial charge in [-0.15, -0.1) is 24.8 Å². The number of imidazole rings is 1. The summed E-state index contributed by atoms with van der Waals surface area (Å²) in [5.74, 6) is 0.292. The third-order valence-electron chi connectivity index (χ3n) is 9.02. The number of nitrogens with zero attached hydrogens (tertiary/aromatic N) is 4. The molecule has 1 atom stereocenters. The van der Waals surface area contributed by atoms with Gasteiger partial charge in [0.05, 0.1) is 23.1 Å². The minimum atomic E-state index is -0.653. The molecular formula is C31H43Cl2N7O3. The summed E-state index contributed by atoms with van der Waals surface area (Å²) < 4.78 is 7.64. The van der Waals surface area contributed by atoms with Gasteiger partial charge in [0.1, 0.15) is 17.7 Å². The largest absolute Gasteiger partial charge is 0.466 e. The number of nitrogens with one attached hydrogen (secondary N) is 1. The number of primary amides is 1. The minimum Gasteiger partial charge on any atom is -0.466 e. The number of halogens is 2. The number of amidine groups is 1. The van der Waals surface area contributed by atoms with Crippen LogP contribution in [0.15, 0.2) is 42.7 Å². The molecule has 3 aromatic rings. The van der Waals surface area contributed by atoms with E-state index in [0.717, 1.165) is 55.8 Å². The van der Waals surface area contributed by atoms with E-state index in [0.29, 0.717) is 43.4 Å². The summed E-state index contributed by atoms with van der Waals surface area (Å²) in [7, 11) is 0. The number of amides is 1. The second-order valence-corrected chi connectivity index (χ2v) is 11.5. The van der Waals surface area contributed by atoms with Gasteiger partial charge in [0.25, 0.3) is 0 Å². The van der Waals surface area contributed by atoms with Crippen LogP contribution < -0.4 is 16.4 Å². The fourth-order valence-electron chi connectivity index (χ4n) is 6.76. The maximum absolute atomic E-state index is 13.5. The second kappa shape index (κ2) is 14.9. The van der Waals surface area contributed by atoms with E-state index >= 15 is 0 Å². The van der Waals surface area contributed by atoms with E-state index in [2.05, 4.69) is 9.88 Å². The number of pyridine rings is 1. The van der Waals surface area contributed by atoms with Crippen LogP contribution in [0.5, 0.6) is 0 Å². The van der Waals surface area contributed by atoms with Crippen LogP contribution in [0.4, 0.5) is 5.69 Å². The molecule has 5 rings (SSSR count). The van der Waals surface area contributed by atoms with Crippen LogP contribution in [0.2, 0.25) is 0 Å². The van der Waals surface area contributed by atoms with Crippen LogP contribution in [0.3, 0.4) is 0 Å². The lowest BCUT2D eigenvalue weighted by Crippen LogP contribution is -2.45. The van der Waals surface area contributed by atoms with Crippen LogP contribution >= 0.6 is 24.8 Å². The van der Waals surface area contributed by atoms with Crippen molar-refractivity contribution in [1.82, 2.24) is 14.5 Å². The van der Waals surface area contributed by atoms with Crippen molar-refractivity contribution in [3.05, 3.63) is 54.1 Å². The van der Waals surface area contributed by atoms with Gasteiger partial charge in [-0.3, -0.25) is 20.0 Å². The van der Waals surface area contributed by atoms with Gasteiger partial charge in [0.15, 0.2) is 0 Å². The number of esters is 1. The first-order chi connectivity index (χ1) is 19.8. The van der Waals surface area contributed by atoms with E-state index in [9.17, 15) is 9.59 Å². The number of ether oxygens (including phenoxy) is 1. The van der Waals surface area contributed by atoms with Crippen LogP contribution in [0.1, 0.15) is 75.7 Å². The highest BCUT2D eigenvalue weighted by molar-refractivity contribution is 5.98. The molecule has 10 nitrogen and oxygen atoms in total. The topological polar surface area (TPSA) is 153 Å². The predicted molar refractivity (Wildman–Crippen MR) is 173 cm³/mol. The van der Waals surface area contributed by atoms with Crippen molar-refractivity contribution in [3.8, 4) is 0 Å². The van der Waals surface area contributed by atoms with Gasteiger partial charge in [0.2, 0.25) is 5.91 Å². The zero-order valence-electron chi connectivity index (χ0n) is 24.7. The number of aromatic nitrogens is 3. The van der Waals surface area contributed by atoms with Crippen molar-refractivity contribution in [3.63, 3.8) is 0 Å². The maximum Gasteiger partial charge on any atom is 0.312 e. The number of nitrogen functional groups attached to an aromatic ring is 1. The number of hydrogen-bond acceptors (Lipinski definition) is 7. The zero-order valence-corrected chi connectivity index (χ0v) is 26.3. The summed E-state index contributed by atoms with van der Waals surface area (Å²) in [6.45, 7) is 3.62. The molecule has 12 heteroatoms. The molecule has 1 saturated carbocycles. The summed E-state index contributed by atoms with van der Waals surface area (Å²) >= 11 is 0. The Labute approximate surface area is 265 Å². The van der Waals surface area contributed by atoms with Gasteiger partial charge < -0.3 is 25.7 Å². The summed E-state index contributed by atoms with van der Waals surface area (Å²) in [5, 5.41) is 7.90. The third-order valence-corrected chi connectivity index (χ3v) is 9.02. The minimum absolute atomic E-state index is 0. The summed E-state index contributed by atoms with van der Waals surface area (Å²) in [6, 6.07) is 8.93. The van der Waals surface area contributed by atoms with Crippen molar-refractivity contribution in [2.45, 2.75) is 70.8 Å². The number of carbonyl (C=O) groups excluding carboxylic acids is 2. The van der Waals surface area contributed by atoms with Crippen LogP contribution in [-0.2, 0) is 20.7 Å². The van der Waals surface area contributed by atoms with Crippen molar-refractivity contribution >= 4 is 59.2 Å². The highest BCUT2D eigenvalue weighted by atomic mass is 35.5. The van der Waals surface area contributed by atoms with E-state index in [4.69, 9.17) is 26.6 Å². The number of fused-ring (bicyclic) bond motifs is 1. The third kappa shape index (κ3) is 7.24. The number of carbonyl (C=O) groups is 2. The Morgan fingerprint density at radius 1 is 1.07 bits per heavy atom. The number of rotatable bonds is 10. The van der Waals surface area contributed by atoms with E-state index in [-0.39, 0.29) is 48.4 Å². The Balaban J connectivity index is 0.00000253. The number of nitrogens with two attached hydrogens (primary N) is 2. The van der Waals surface area contributed by atoms with E-state index in [1.54, 1.807) is 24.5 Å². The average molecular weight is 633 g/mol. The number of hydrogen-bond donors (Lipinski definition) is 3. The molecule has 2 fully saturated rings. The molecule has 1 amide bonds. The highest BCUT2D eigenvalue weighted by Crippen LogP contribution is 2.41. The molecule has 234 valence electrons. The molecule has 0 radical (unpaired) electrons. The Hall–Kier alpha value is -3.37. The molecule has 3 heterocycles. The fourth-order valence-corrected chi connectivity index (χ4v) is 6.76. The molecular weight excluding hydrogens is 589 g/mol. The molecule has 43 heavy (non-hydrogen) atoms. The number of anilines is 1. The van der Waals surface area contributed by atoms with Crippen molar-refractivity contribution in [1.29, 1.82) is 5.41 Å². The quantitative estimate of drug-likeness (QED) is 0.162. The number of aryl methyl sites for hydroxylation is 1. The first-order valence-electron chi connectivity index (χ1n) is 14.8. The SMILES string of the molecule is CCOC(=O)C1(CCc2nc3cc(C(=N)N)ccc3n2C(C(N)=O)C2CCCCC2)CCN(c2ccncc2)CC1.Cl.Cl. The van der Waals surface area contributed by atoms with Gasteiger partial charge in [-0.1, -0.05) is 19.3 Å². The monoisotopic (exact) mass is 631 g/mol. The van der Waals surface area contributed by atoms with E-state index in [1.807, 2.05) is 29.7 Å². The van der Waals surface area contributed by atoms with Gasteiger partial charge in [0, 0.05) is 43.2 Å². The van der Waals surface area contributed by atoms with Crippen molar-refractivity contribution in [2.75, 3.05) is 24.6 Å². The van der Waals surface area contributed by atoms with Gasteiger partial charge in [-0.2, -0.15) is 0 Å². The van der Waals surface area contributed by atoms with E-state index < -0.39 is 11.5 Å². The Kier molecular flexibility index (Phi) is 11.8. The average Bonchev–Trinajstić information content (AvgIpc) is 3.34. The zero-order chi connectivity index (χ0) is 29.0. The van der Waals surface area contributed by atoms with Crippen LogP contribution in [-0.4, -0.2) is 51.9 Å². The number of benzene rings is 1. The Morgan fingerprint density at radius 3 is 2.35 bits per heavy atom. The summed E-state index contributed by atoms with van der Waals surface area (Å²) in [5.41, 5.74) is 14.4. The van der Waals surface area contributed by atoms with Gasteiger partial charge in [-0.25, -0.2) is 4.98 Å². The molecule has 1 aliphatic carbocycles. The molecule has 0 bridgehead atoms. The van der Waals surface area contributed by atoms with Gasteiger partial charge in [-0.05, 0) is 75.3 Å². The Morgan fingerprint density at radius 2 is 1.74 bits per heavy atom. The van der Waals surface area contributed by atoms with E-state index in [1.165, 1.54) is 6.42 Å². The van der Waals surface area contributed by atoms with Crippen LogP contribution in [0, 0.1) is 16.7 Å². The standard InChI is InChI=1S/C31H41N7O3.2ClH/c1-2-41-30(40)31(14-18-37(19-15-31)23-11-16-35-17-12-23)13-10-26-36-24-20-22(28(32)33)8-9-25(24)38(26)27(29(34)39)21-6-4-3-5-7-21;;/h8-9,11-12,16-17,20-21,27H,2-7,10,13-15,18-19H2,1H3,(H3,32,33)(H2,34,39);2*1H. The van der Waals surface area contributed by atoms with Crippen LogP contribution in [0.25, 0.3) is 11.0 Å². The fraction of sp³-hybridized carbons (Fsp3) is 0.516. The predicted octanol–water partition coefficient (Wildman–Crippen LogP) is 4.95. The lowest BCUT2D eigenvalue weighted by atomic mass is 9.74. The summed E-state index contributed by atoms with van der Waals surface area (Å²) in [6.07, 6.45) is 11.1. The highest BCUT2D eigenvalue weighted by Gasteiger charge is 2.43. The first-order valence-corrected chi connectivity index (χ1v) is 14.8. The first kappa shape index (κ1) is 34.1. The smallest absolute Gasteiger partial charge is 0.312 e. The maximum atomic E-state index is 13.5. The molecule has 2 aliphatic rings. The summed E-state index contributed by atoms with van der Waals surface area (Å²) in [4.78, 5) is 37.9. The molecule has 1 aliphatic heterocycles. The van der Waals surface area contributed by atoms with Crippen molar-refractivity contribution in [2.24, 2.45) is 22.8 Å². The molecule has 1 unspecified atom stereocenters. The lowest BCUT2D eigenvalue weighted by Gasteiger charge is -2.41. The number of piperidine rings is 1. The lowest BCUT2D eigenvalue weighted by molar-refractivity contribution is -0.157. The molecule has 0 spiro atoms. The molecule has 1 aromatic carbocycles. The molecule has 5 N–H and O–H groups in total. The molecule has 1 saturated heterocycles.